The summed E-state index contributed by atoms with van der Waals surface area (Å²) < 4.78 is 8.24. The van der Waals surface area contributed by atoms with E-state index in [4.69, 9.17) is 4.74 Å². The van der Waals surface area contributed by atoms with Crippen molar-refractivity contribution < 1.29 is 4.74 Å². The summed E-state index contributed by atoms with van der Waals surface area (Å²) in [6.45, 7) is 5.23. The zero-order valence-electron chi connectivity index (χ0n) is 10.6. The summed E-state index contributed by atoms with van der Waals surface area (Å²) in [7, 11) is 0. The average Bonchev–Trinajstić information content (AvgIpc) is 3.01. The topological polar surface area (TPSA) is 39.1 Å². The number of fused-ring (bicyclic) bond motifs is 2. The first-order valence-corrected chi connectivity index (χ1v) is 6.63. The highest BCUT2D eigenvalue weighted by Crippen LogP contribution is 2.41. The van der Waals surface area contributed by atoms with Crippen LogP contribution in [0.3, 0.4) is 0 Å². The molecule has 2 aliphatic heterocycles. The van der Waals surface area contributed by atoms with E-state index < -0.39 is 0 Å². The smallest absolute Gasteiger partial charge is 0.0952 e. The van der Waals surface area contributed by atoms with Crippen molar-refractivity contribution in [1.82, 2.24) is 14.9 Å². The fourth-order valence-corrected chi connectivity index (χ4v) is 2.98. The molecule has 0 saturated carbocycles. The average molecular weight is 235 g/mol. The number of hydrogen-bond acceptors (Lipinski definition) is 3. The normalized spacial score (nSPS) is 31.6. The van der Waals surface area contributed by atoms with Crippen LogP contribution in [0.1, 0.15) is 44.8 Å². The Kier molecular flexibility index (Phi) is 2.92. The third-order valence-corrected chi connectivity index (χ3v) is 3.87. The molecule has 1 aromatic rings. The minimum Gasteiger partial charge on any atom is -0.373 e. The molecule has 2 saturated heterocycles. The third kappa shape index (κ3) is 2.11. The van der Waals surface area contributed by atoms with Gasteiger partial charge in [0.2, 0.25) is 0 Å². The molecule has 1 aromatic heterocycles. The van der Waals surface area contributed by atoms with Gasteiger partial charge in [-0.3, -0.25) is 0 Å². The molecule has 0 aromatic carbocycles. The first-order valence-electron chi connectivity index (χ1n) is 6.63. The Labute approximate surface area is 102 Å². The first kappa shape index (κ1) is 11.2. The fourth-order valence-electron chi connectivity index (χ4n) is 2.98. The summed E-state index contributed by atoms with van der Waals surface area (Å²) in [5.74, 6) is 0. The van der Waals surface area contributed by atoms with Crippen LogP contribution in [0.25, 0.3) is 0 Å². The van der Waals surface area contributed by atoms with Crippen molar-refractivity contribution in [2.24, 2.45) is 0 Å². The van der Waals surface area contributed by atoms with E-state index in [9.17, 15) is 0 Å². The fraction of sp³-hybridized carbons (Fsp3) is 0.769. The summed E-state index contributed by atoms with van der Waals surface area (Å²) in [5.41, 5.74) is 1.28. The SMILES string of the molecule is CC(C)NCc1cncn1C1CC2CCC1O2. The van der Waals surface area contributed by atoms with E-state index in [-0.39, 0.29) is 0 Å². The largest absolute Gasteiger partial charge is 0.373 e. The molecular weight excluding hydrogens is 214 g/mol. The zero-order chi connectivity index (χ0) is 11.8. The van der Waals surface area contributed by atoms with Crippen molar-refractivity contribution in [3.8, 4) is 0 Å². The number of aromatic nitrogens is 2. The van der Waals surface area contributed by atoms with E-state index in [0.29, 0.717) is 24.3 Å². The second-order valence-electron chi connectivity index (χ2n) is 5.50. The maximum absolute atomic E-state index is 5.92. The molecule has 17 heavy (non-hydrogen) atoms. The molecule has 0 spiro atoms. The molecular formula is C13H21N3O. The van der Waals surface area contributed by atoms with Crippen molar-refractivity contribution in [2.75, 3.05) is 0 Å². The second-order valence-corrected chi connectivity index (χ2v) is 5.50. The van der Waals surface area contributed by atoms with Crippen LogP contribution in [0.15, 0.2) is 12.5 Å². The monoisotopic (exact) mass is 235 g/mol. The van der Waals surface area contributed by atoms with Crippen LogP contribution in [0.4, 0.5) is 0 Å². The summed E-state index contributed by atoms with van der Waals surface area (Å²) in [4.78, 5) is 4.30. The Morgan fingerprint density at radius 2 is 2.41 bits per heavy atom. The summed E-state index contributed by atoms with van der Waals surface area (Å²) >= 11 is 0. The van der Waals surface area contributed by atoms with Crippen molar-refractivity contribution in [2.45, 2.75) is 63.9 Å². The van der Waals surface area contributed by atoms with Gasteiger partial charge in [0.1, 0.15) is 0 Å². The van der Waals surface area contributed by atoms with E-state index in [2.05, 4.69) is 28.7 Å². The lowest BCUT2D eigenvalue weighted by Crippen LogP contribution is -2.27. The highest BCUT2D eigenvalue weighted by atomic mass is 16.5. The van der Waals surface area contributed by atoms with Crippen LogP contribution in [-0.4, -0.2) is 27.8 Å². The molecule has 4 heteroatoms. The van der Waals surface area contributed by atoms with Gasteiger partial charge in [-0.15, -0.1) is 0 Å². The van der Waals surface area contributed by atoms with E-state index in [0.717, 1.165) is 13.0 Å². The van der Waals surface area contributed by atoms with Crippen LogP contribution < -0.4 is 5.32 Å². The van der Waals surface area contributed by atoms with Crippen LogP contribution >= 0.6 is 0 Å². The Morgan fingerprint density at radius 1 is 1.53 bits per heavy atom. The van der Waals surface area contributed by atoms with Gasteiger partial charge in [0.05, 0.1) is 30.3 Å². The highest BCUT2D eigenvalue weighted by molar-refractivity contribution is 5.05. The van der Waals surface area contributed by atoms with E-state index in [1.165, 1.54) is 18.5 Å². The first-order chi connectivity index (χ1) is 8.24. The zero-order valence-corrected chi connectivity index (χ0v) is 10.6. The molecule has 0 amide bonds. The minimum absolute atomic E-state index is 0.423. The summed E-state index contributed by atoms with van der Waals surface area (Å²) in [6.07, 6.45) is 8.48. The lowest BCUT2D eigenvalue weighted by Gasteiger charge is -2.22. The maximum atomic E-state index is 5.92. The predicted octanol–water partition coefficient (Wildman–Crippen LogP) is 1.87. The molecule has 2 aliphatic rings. The Balaban J connectivity index is 1.72. The third-order valence-electron chi connectivity index (χ3n) is 3.87. The van der Waals surface area contributed by atoms with Gasteiger partial charge in [-0.25, -0.2) is 4.98 Å². The van der Waals surface area contributed by atoms with Gasteiger partial charge in [0.15, 0.2) is 0 Å². The Hall–Kier alpha value is -0.870. The molecule has 2 fully saturated rings. The number of nitrogens with zero attached hydrogens (tertiary/aromatic N) is 2. The van der Waals surface area contributed by atoms with Crippen molar-refractivity contribution in [3.05, 3.63) is 18.2 Å². The van der Waals surface area contributed by atoms with Crippen molar-refractivity contribution in [1.29, 1.82) is 0 Å². The van der Waals surface area contributed by atoms with Gasteiger partial charge in [-0.05, 0) is 19.3 Å². The second kappa shape index (κ2) is 4.42. The molecule has 3 atom stereocenters. The van der Waals surface area contributed by atoms with Crippen molar-refractivity contribution >= 4 is 0 Å². The molecule has 94 valence electrons. The van der Waals surface area contributed by atoms with Crippen LogP contribution in [-0.2, 0) is 11.3 Å². The number of ether oxygens (including phenoxy) is 1. The summed E-state index contributed by atoms with van der Waals surface area (Å²) in [6, 6.07) is 1.02. The van der Waals surface area contributed by atoms with Gasteiger partial charge < -0.3 is 14.6 Å². The van der Waals surface area contributed by atoms with Crippen LogP contribution in [0, 0.1) is 0 Å². The molecule has 0 aliphatic carbocycles. The molecule has 3 heterocycles. The number of hydrogen-bond donors (Lipinski definition) is 1. The molecule has 3 rings (SSSR count). The lowest BCUT2D eigenvalue weighted by molar-refractivity contribution is 0.0934. The molecule has 2 bridgehead atoms. The van der Waals surface area contributed by atoms with E-state index in [1.54, 1.807) is 0 Å². The van der Waals surface area contributed by atoms with Gasteiger partial charge in [-0.1, -0.05) is 13.8 Å². The molecule has 4 nitrogen and oxygen atoms in total. The molecule has 0 radical (unpaired) electrons. The van der Waals surface area contributed by atoms with Gasteiger partial charge in [0, 0.05) is 18.8 Å². The van der Waals surface area contributed by atoms with E-state index >= 15 is 0 Å². The Bertz CT molecular complexity index is 388. The van der Waals surface area contributed by atoms with Gasteiger partial charge >= 0.3 is 0 Å². The molecule has 1 N–H and O–H groups in total. The standard InChI is InChI=1S/C13H21N3O/c1-9(2)15-7-10-6-14-8-16(10)12-5-11-3-4-13(12)17-11/h6,8-9,11-13,15H,3-5,7H2,1-2H3. The Morgan fingerprint density at radius 3 is 3.06 bits per heavy atom. The number of rotatable bonds is 4. The number of nitrogens with one attached hydrogen (secondary N) is 1. The van der Waals surface area contributed by atoms with Crippen molar-refractivity contribution in [3.63, 3.8) is 0 Å². The quantitative estimate of drug-likeness (QED) is 0.866. The van der Waals surface area contributed by atoms with Gasteiger partial charge in [-0.2, -0.15) is 0 Å². The van der Waals surface area contributed by atoms with Gasteiger partial charge in [0.25, 0.3) is 0 Å². The molecule has 3 unspecified atom stereocenters. The van der Waals surface area contributed by atoms with E-state index in [1.807, 2.05) is 12.5 Å². The summed E-state index contributed by atoms with van der Waals surface area (Å²) in [5, 5.41) is 3.45. The minimum atomic E-state index is 0.423. The lowest BCUT2D eigenvalue weighted by atomic mass is 9.95. The van der Waals surface area contributed by atoms with Crippen LogP contribution in [0.2, 0.25) is 0 Å². The highest BCUT2D eigenvalue weighted by Gasteiger charge is 2.42. The number of imidazole rings is 1. The van der Waals surface area contributed by atoms with Crippen LogP contribution in [0.5, 0.6) is 0 Å². The predicted molar refractivity (Wildman–Crippen MR) is 65.8 cm³/mol. The maximum Gasteiger partial charge on any atom is 0.0952 e.